The van der Waals surface area contributed by atoms with Gasteiger partial charge in [-0.2, -0.15) is 0 Å². The second-order valence-electron chi connectivity index (χ2n) is 4.92. The Morgan fingerprint density at radius 1 is 1.52 bits per heavy atom. The van der Waals surface area contributed by atoms with Gasteiger partial charge in [0.1, 0.15) is 0 Å². The summed E-state index contributed by atoms with van der Waals surface area (Å²) >= 11 is 6.84. The molecular formula is C13H17ClN5O3Pb. The fourth-order valence-electron chi connectivity index (χ4n) is 2.33. The molecule has 10 heteroatoms. The van der Waals surface area contributed by atoms with Gasteiger partial charge >= 0.3 is 155 Å². The van der Waals surface area contributed by atoms with Gasteiger partial charge in [0.25, 0.3) is 0 Å². The van der Waals surface area contributed by atoms with Crippen molar-refractivity contribution in [3.05, 3.63) is 10.8 Å². The minimum atomic E-state index is -0.305. The molecule has 2 rings (SSSR count). The van der Waals surface area contributed by atoms with Crippen LogP contribution in [0.5, 0.6) is 0 Å². The van der Waals surface area contributed by atoms with Crippen molar-refractivity contribution in [3.63, 3.8) is 0 Å². The SMILES string of the molecule is N=Cc1c(NC2CCC(CO)O2)nc(Cl)nc1N([CH2][Pb])CC=O. The normalized spacial score (nSPS) is 20.3. The van der Waals surface area contributed by atoms with Gasteiger partial charge in [0.15, 0.2) is 0 Å². The maximum atomic E-state index is 10.8. The van der Waals surface area contributed by atoms with Crippen molar-refractivity contribution in [3.8, 4) is 0 Å². The number of hydrogen-bond donors (Lipinski definition) is 3. The van der Waals surface area contributed by atoms with Gasteiger partial charge in [-0.05, 0) is 0 Å². The Bertz CT molecular complexity index is 577. The molecule has 2 heterocycles. The van der Waals surface area contributed by atoms with Crippen LogP contribution in [0.15, 0.2) is 0 Å². The Morgan fingerprint density at radius 3 is 2.87 bits per heavy atom. The minimum absolute atomic E-state index is 0.0288. The summed E-state index contributed by atoms with van der Waals surface area (Å²) < 4.78 is 6.30. The number of hydrogen-bond acceptors (Lipinski definition) is 8. The third-order valence-electron chi connectivity index (χ3n) is 3.44. The predicted octanol–water partition coefficient (Wildman–Crippen LogP) is 0.168. The zero-order valence-electron chi connectivity index (χ0n) is 12.3. The molecule has 0 spiro atoms. The van der Waals surface area contributed by atoms with Crippen LogP contribution in [-0.2, 0) is 9.53 Å². The van der Waals surface area contributed by atoms with Gasteiger partial charge in [-0.25, -0.2) is 0 Å². The summed E-state index contributed by atoms with van der Waals surface area (Å²) in [6.07, 6.45) is 2.90. The molecule has 2 unspecified atom stereocenters. The molecule has 1 fully saturated rings. The summed E-state index contributed by atoms with van der Waals surface area (Å²) in [5.74, 6) is 0.853. The van der Waals surface area contributed by atoms with Crippen molar-refractivity contribution in [2.45, 2.75) is 25.2 Å². The number of aldehydes is 1. The molecule has 8 nitrogen and oxygen atoms in total. The topological polar surface area (TPSA) is 111 Å². The number of carbonyl (C=O) groups excluding carboxylic acids is 1. The predicted molar refractivity (Wildman–Crippen MR) is 87.6 cm³/mol. The molecule has 2 atom stereocenters. The number of ether oxygens (including phenoxy) is 1. The first-order valence-corrected chi connectivity index (χ1v) is 10.2. The molecule has 3 radical (unpaired) electrons. The number of aliphatic hydroxyl groups excluding tert-OH is 1. The molecule has 0 saturated carbocycles. The van der Waals surface area contributed by atoms with E-state index < -0.39 is 0 Å². The van der Waals surface area contributed by atoms with Crippen LogP contribution >= 0.6 is 11.6 Å². The van der Waals surface area contributed by atoms with E-state index >= 15 is 0 Å². The molecule has 0 bridgehead atoms. The Kier molecular flexibility index (Phi) is 7.12. The van der Waals surface area contributed by atoms with Gasteiger partial charge in [0.05, 0.1) is 0 Å². The molecule has 23 heavy (non-hydrogen) atoms. The van der Waals surface area contributed by atoms with Gasteiger partial charge in [-0.3, -0.25) is 0 Å². The summed E-state index contributed by atoms with van der Waals surface area (Å²) in [7, 11) is 0. The first kappa shape index (κ1) is 18.5. The quantitative estimate of drug-likeness (QED) is 0.189. The van der Waals surface area contributed by atoms with Gasteiger partial charge in [0, 0.05) is 0 Å². The van der Waals surface area contributed by atoms with Gasteiger partial charge in [0.2, 0.25) is 0 Å². The maximum absolute atomic E-state index is 10.8. The third-order valence-corrected chi connectivity index (χ3v) is 5.09. The van der Waals surface area contributed by atoms with E-state index in [2.05, 4.69) is 15.3 Å². The zero-order valence-corrected chi connectivity index (χ0v) is 17.0. The van der Waals surface area contributed by atoms with Crippen LogP contribution in [0.3, 0.4) is 0 Å². The first-order valence-electron chi connectivity index (χ1n) is 7.07. The van der Waals surface area contributed by atoms with Gasteiger partial charge in [-0.1, -0.05) is 0 Å². The van der Waals surface area contributed by atoms with Crippen molar-refractivity contribution in [1.82, 2.24) is 9.97 Å². The van der Waals surface area contributed by atoms with E-state index in [1.165, 1.54) is 0 Å². The molecular weight excluding hydrogens is 517 g/mol. The molecule has 1 saturated heterocycles. The van der Waals surface area contributed by atoms with E-state index in [4.69, 9.17) is 26.9 Å². The van der Waals surface area contributed by atoms with Crippen molar-refractivity contribution < 1.29 is 14.6 Å². The second-order valence-corrected chi connectivity index (χ2v) is 6.49. The van der Waals surface area contributed by atoms with E-state index in [0.29, 0.717) is 21.3 Å². The molecule has 1 aliphatic rings. The van der Waals surface area contributed by atoms with E-state index in [1.807, 2.05) is 0 Å². The Morgan fingerprint density at radius 2 is 2.30 bits per heavy atom. The molecule has 1 aromatic rings. The molecule has 0 amide bonds. The van der Waals surface area contributed by atoms with Crippen LogP contribution in [-0.4, -0.2) is 82.9 Å². The van der Waals surface area contributed by atoms with Crippen molar-refractivity contribution >= 4 is 61.5 Å². The van der Waals surface area contributed by atoms with Crippen LogP contribution < -0.4 is 10.2 Å². The fraction of sp³-hybridized carbons (Fsp3) is 0.538. The average Bonchev–Trinajstić information content (AvgIpc) is 2.99. The van der Waals surface area contributed by atoms with Crippen LogP contribution in [0.25, 0.3) is 0 Å². The van der Waals surface area contributed by atoms with Crippen LogP contribution in [0.2, 0.25) is 5.28 Å². The third kappa shape index (κ3) is 4.58. The van der Waals surface area contributed by atoms with Crippen LogP contribution in [0.1, 0.15) is 18.4 Å². The van der Waals surface area contributed by atoms with Gasteiger partial charge < -0.3 is 0 Å². The summed E-state index contributed by atoms with van der Waals surface area (Å²) in [5.41, 5.74) is 0.461. The molecule has 0 aromatic carbocycles. The number of carbonyl (C=O) groups is 1. The van der Waals surface area contributed by atoms with E-state index in [-0.39, 0.29) is 30.8 Å². The van der Waals surface area contributed by atoms with Crippen molar-refractivity contribution in [2.75, 3.05) is 27.5 Å². The molecule has 0 aliphatic carbocycles. The Hall–Kier alpha value is -0.848. The van der Waals surface area contributed by atoms with E-state index in [1.54, 1.807) is 4.90 Å². The molecule has 1 aliphatic heterocycles. The number of aromatic nitrogens is 2. The second kappa shape index (κ2) is 8.85. The number of nitrogens with zero attached hydrogens (tertiary/aromatic N) is 3. The first-order chi connectivity index (χ1) is 11.1. The van der Waals surface area contributed by atoms with Crippen LogP contribution in [0.4, 0.5) is 11.6 Å². The number of halogens is 1. The zero-order chi connectivity index (χ0) is 16.8. The summed E-state index contributed by atoms with van der Waals surface area (Å²) in [6.45, 7) is 0.155. The summed E-state index contributed by atoms with van der Waals surface area (Å²) in [5, 5.41) is 19.9. The summed E-state index contributed by atoms with van der Waals surface area (Å²) in [6, 6.07) is 0. The number of aliphatic hydroxyl groups is 1. The Balaban J connectivity index is 2.30. The summed E-state index contributed by atoms with van der Waals surface area (Å²) in [4.78, 5) is 20.9. The molecule has 123 valence electrons. The number of anilines is 2. The Labute approximate surface area is 154 Å². The van der Waals surface area contributed by atoms with Crippen molar-refractivity contribution in [2.24, 2.45) is 0 Å². The van der Waals surface area contributed by atoms with Crippen LogP contribution in [0, 0.1) is 5.41 Å². The van der Waals surface area contributed by atoms with Gasteiger partial charge in [-0.15, -0.1) is 0 Å². The van der Waals surface area contributed by atoms with Crippen molar-refractivity contribution in [1.29, 1.82) is 5.41 Å². The number of nitrogens with one attached hydrogen (secondary N) is 2. The standard InChI is InChI=1S/C13H17ClN5O3.Pb/c1-19(4-5-20)12-9(6-15)11(17-13(14)18-12)16-10-3-2-8(7-21)22-10;/h5-6,8,10,15,21H,1-4,7H2,(H,16,17,18);. The fourth-order valence-corrected chi connectivity index (χ4v) is 3.58. The average molecular weight is 534 g/mol. The molecule has 3 N–H and O–H groups in total. The van der Waals surface area contributed by atoms with E-state index in [9.17, 15) is 4.79 Å². The monoisotopic (exact) mass is 534 g/mol. The molecule has 1 aromatic heterocycles. The number of rotatable bonds is 8. The van der Waals surface area contributed by atoms with E-state index in [0.717, 1.165) is 51.1 Å².